The molecule has 70 valence electrons. The minimum Gasteiger partial charge on any atom is -0.294 e. The highest BCUT2D eigenvalue weighted by Crippen LogP contribution is 2.17. The summed E-state index contributed by atoms with van der Waals surface area (Å²) in [6, 6.07) is 7.11. The SMILES string of the molecule is CC(C(=O)NN)c1ccc(Cl)cc1. The monoisotopic (exact) mass is 198 g/mol. The van der Waals surface area contributed by atoms with Crippen molar-refractivity contribution in [1.82, 2.24) is 5.43 Å². The third-order valence-electron chi connectivity index (χ3n) is 1.91. The maximum atomic E-state index is 11.1. The predicted octanol–water partition coefficient (Wildman–Crippen LogP) is 1.43. The summed E-state index contributed by atoms with van der Waals surface area (Å²) in [7, 11) is 0. The lowest BCUT2D eigenvalue weighted by atomic mass is 10.0. The van der Waals surface area contributed by atoms with Crippen molar-refractivity contribution >= 4 is 17.5 Å². The summed E-state index contributed by atoms with van der Waals surface area (Å²) in [5.74, 6) is 4.56. The molecule has 0 aliphatic heterocycles. The van der Waals surface area contributed by atoms with Crippen LogP contribution in [0.5, 0.6) is 0 Å². The van der Waals surface area contributed by atoms with Crippen LogP contribution in [0.3, 0.4) is 0 Å². The van der Waals surface area contributed by atoms with Crippen molar-refractivity contribution < 1.29 is 4.79 Å². The molecule has 0 saturated heterocycles. The number of hydrogen-bond donors (Lipinski definition) is 2. The average Bonchev–Trinajstić information content (AvgIpc) is 2.17. The van der Waals surface area contributed by atoms with Gasteiger partial charge in [-0.3, -0.25) is 10.2 Å². The molecule has 0 aliphatic rings. The minimum atomic E-state index is -0.248. The van der Waals surface area contributed by atoms with Gasteiger partial charge in [0.2, 0.25) is 5.91 Å². The lowest BCUT2D eigenvalue weighted by Gasteiger charge is -2.09. The van der Waals surface area contributed by atoms with Crippen molar-refractivity contribution in [3.63, 3.8) is 0 Å². The molecule has 0 bridgehead atoms. The van der Waals surface area contributed by atoms with Crippen LogP contribution in [0, 0.1) is 0 Å². The Morgan fingerprint density at radius 2 is 2.00 bits per heavy atom. The van der Waals surface area contributed by atoms with Crippen molar-refractivity contribution in [3.8, 4) is 0 Å². The second-order valence-corrected chi connectivity index (χ2v) is 3.22. The molecule has 0 heterocycles. The van der Waals surface area contributed by atoms with Gasteiger partial charge >= 0.3 is 0 Å². The largest absolute Gasteiger partial charge is 0.294 e. The second-order valence-electron chi connectivity index (χ2n) is 2.78. The zero-order chi connectivity index (χ0) is 9.84. The Morgan fingerprint density at radius 3 is 2.46 bits per heavy atom. The quantitative estimate of drug-likeness (QED) is 0.429. The van der Waals surface area contributed by atoms with Gasteiger partial charge in [-0.1, -0.05) is 23.7 Å². The number of amides is 1. The molecule has 0 fully saturated rings. The zero-order valence-electron chi connectivity index (χ0n) is 7.25. The van der Waals surface area contributed by atoms with Gasteiger partial charge in [0.05, 0.1) is 5.92 Å². The third-order valence-corrected chi connectivity index (χ3v) is 2.16. The summed E-state index contributed by atoms with van der Waals surface area (Å²) in [4.78, 5) is 11.1. The van der Waals surface area contributed by atoms with E-state index < -0.39 is 0 Å². The number of carbonyl (C=O) groups excluding carboxylic acids is 1. The third kappa shape index (κ3) is 2.44. The fourth-order valence-electron chi connectivity index (χ4n) is 1.03. The van der Waals surface area contributed by atoms with Gasteiger partial charge in [-0.15, -0.1) is 0 Å². The van der Waals surface area contributed by atoms with Crippen molar-refractivity contribution in [3.05, 3.63) is 34.9 Å². The van der Waals surface area contributed by atoms with E-state index in [2.05, 4.69) is 5.43 Å². The summed E-state index contributed by atoms with van der Waals surface area (Å²) in [6.07, 6.45) is 0. The van der Waals surface area contributed by atoms with E-state index in [1.165, 1.54) is 0 Å². The first-order valence-electron chi connectivity index (χ1n) is 3.91. The molecule has 1 unspecified atom stereocenters. The van der Waals surface area contributed by atoms with E-state index in [1.807, 2.05) is 12.1 Å². The van der Waals surface area contributed by atoms with Gasteiger partial charge in [0.15, 0.2) is 0 Å². The number of halogens is 1. The Kier molecular flexibility index (Phi) is 3.28. The summed E-state index contributed by atoms with van der Waals surface area (Å²) in [5, 5.41) is 0.657. The summed E-state index contributed by atoms with van der Waals surface area (Å²) >= 11 is 5.70. The standard InChI is InChI=1S/C9H11ClN2O/c1-6(9(13)12-11)7-2-4-8(10)5-3-7/h2-6H,11H2,1H3,(H,12,13). The fourth-order valence-corrected chi connectivity index (χ4v) is 1.15. The second kappa shape index (κ2) is 4.25. The molecule has 1 amide bonds. The van der Waals surface area contributed by atoms with Gasteiger partial charge in [0.1, 0.15) is 0 Å². The molecule has 4 heteroatoms. The molecular weight excluding hydrogens is 188 g/mol. The maximum absolute atomic E-state index is 11.1. The van der Waals surface area contributed by atoms with E-state index in [0.29, 0.717) is 5.02 Å². The van der Waals surface area contributed by atoms with E-state index >= 15 is 0 Å². The first-order chi connectivity index (χ1) is 6.15. The Hall–Kier alpha value is -1.06. The smallest absolute Gasteiger partial charge is 0.241 e. The van der Waals surface area contributed by atoms with E-state index in [4.69, 9.17) is 17.4 Å². The molecule has 0 saturated carbocycles. The normalized spacial score (nSPS) is 12.2. The highest BCUT2D eigenvalue weighted by atomic mass is 35.5. The van der Waals surface area contributed by atoms with Crippen LogP contribution in [0.1, 0.15) is 18.4 Å². The van der Waals surface area contributed by atoms with Crippen molar-refractivity contribution in [2.24, 2.45) is 5.84 Å². The lowest BCUT2D eigenvalue weighted by molar-refractivity contribution is -0.122. The van der Waals surface area contributed by atoms with Crippen LogP contribution in [-0.2, 0) is 4.79 Å². The number of benzene rings is 1. The molecule has 1 aromatic carbocycles. The Morgan fingerprint density at radius 1 is 1.46 bits per heavy atom. The molecule has 1 rings (SSSR count). The average molecular weight is 199 g/mol. The van der Waals surface area contributed by atoms with Crippen molar-refractivity contribution in [2.75, 3.05) is 0 Å². The lowest BCUT2D eigenvalue weighted by Crippen LogP contribution is -2.33. The van der Waals surface area contributed by atoms with Crippen molar-refractivity contribution in [2.45, 2.75) is 12.8 Å². The molecule has 0 radical (unpaired) electrons. The number of hydrogen-bond acceptors (Lipinski definition) is 2. The van der Waals surface area contributed by atoms with Gasteiger partial charge in [0, 0.05) is 5.02 Å². The molecule has 1 aromatic rings. The summed E-state index contributed by atoms with van der Waals surface area (Å²) in [5.41, 5.74) is 3.00. The number of carbonyl (C=O) groups is 1. The van der Waals surface area contributed by atoms with Crippen molar-refractivity contribution in [1.29, 1.82) is 0 Å². The predicted molar refractivity (Wildman–Crippen MR) is 52.2 cm³/mol. The van der Waals surface area contributed by atoms with Crippen LogP contribution in [0.25, 0.3) is 0 Å². The molecule has 1 atom stereocenters. The van der Waals surface area contributed by atoms with E-state index in [0.717, 1.165) is 5.56 Å². The summed E-state index contributed by atoms with van der Waals surface area (Å²) < 4.78 is 0. The van der Waals surface area contributed by atoms with Gasteiger partial charge in [0.25, 0.3) is 0 Å². The maximum Gasteiger partial charge on any atom is 0.241 e. The van der Waals surface area contributed by atoms with Gasteiger partial charge in [-0.2, -0.15) is 0 Å². The van der Waals surface area contributed by atoms with Crippen LogP contribution in [-0.4, -0.2) is 5.91 Å². The minimum absolute atomic E-state index is 0.206. The first-order valence-corrected chi connectivity index (χ1v) is 4.29. The molecule has 0 aromatic heterocycles. The van der Waals surface area contributed by atoms with Crippen LogP contribution in [0.15, 0.2) is 24.3 Å². The van der Waals surface area contributed by atoms with Gasteiger partial charge in [-0.05, 0) is 24.6 Å². The van der Waals surface area contributed by atoms with Gasteiger partial charge in [-0.25, -0.2) is 5.84 Å². The fraction of sp³-hybridized carbons (Fsp3) is 0.222. The highest BCUT2D eigenvalue weighted by Gasteiger charge is 2.12. The first kappa shape index (κ1) is 10.0. The topological polar surface area (TPSA) is 55.1 Å². The Balaban J connectivity index is 2.83. The number of nitrogens with one attached hydrogen (secondary N) is 1. The number of rotatable bonds is 2. The van der Waals surface area contributed by atoms with Gasteiger partial charge < -0.3 is 0 Å². The zero-order valence-corrected chi connectivity index (χ0v) is 8.01. The Labute approximate surface area is 81.9 Å². The summed E-state index contributed by atoms with van der Waals surface area (Å²) in [6.45, 7) is 1.78. The van der Waals surface area contributed by atoms with E-state index in [1.54, 1.807) is 19.1 Å². The molecule has 13 heavy (non-hydrogen) atoms. The van der Waals surface area contributed by atoms with Crippen LogP contribution >= 0.6 is 11.6 Å². The van der Waals surface area contributed by atoms with Crippen LogP contribution < -0.4 is 11.3 Å². The molecule has 3 N–H and O–H groups in total. The highest BCUT2D eigenvalue weighted by molar-refractivity contribution is 6.30. The van der Waals surface area contributed by atoms with Crippen LogP contribution in [0.4, 0.5) is 0 Å². The Bertz CT molecular complexity index is 297. The van der Waals surface area contributed by atoms with E-state index in [9.17, 15) is 4.79 Å². The molecule has 0 spiro atoms. The molecular formula is C9H11ClN2O. The van der Waals surface area contributed by atoms with Crippen LogP contribution in [0.2, 0.25) is 5.02 Å². The molecule has 3 nitrogen and oxygen atoms in total. The van der Waals surface area contributed by atoms with E-state index in [-0.39, 0.29) is 11.8 Å². The number of hydrazine groups is 1. The number of nitrogens with two attached hydrogens (primary N) is 1. The molecule has 0 aliphatic carbocycles.